The molecule has 1 saturated heterocycles. The van der Waals surface area contributed by atoms with Gasteiger partial charge in [0, 0.05) is 42.6 Å². The number of hydrogen-bond donors (Lipinski definition) is 2. The van der Waals surface area contributed by atoms with E-state index in [4.69, 9.17) is 28.6 Å². The third-order valence-electron chi connectivity index (χ3n) is 4.91. The standard InChI is InChI=1S/C22H21ClFN5OS/c23-15-3-4-20(19(24)12-15)30-18-5-9-26-21(13-18)29-10-6-16(7-11-29)27-22(31)28-17-2-1-8-25-14-17/h1-5,8-9,12-14,16H,6-7,10-11H2,(H2,27,28,31). The molecule has 3 aromatic rings. The van der Waals surface area contributed by atoms with Crippen LogP contribution in [0.1, 0.15) is 12.8 Å². The van der Waals surface area contributed by atoms with Gasteiger partial charge in [0.15, 0.2) is 16.7 Å². The Balaban J connectivity index is 1.31. The van der Waals surface area contributed by atoms with Crippen molar-refractivity contribution in [2.75, 3.05) is 23.3 Å². The van der Waals surface area contributed by atoms with Crippen LogP contribution in [0.5, 0.6) is 11.5 Å². The summed E-state index contributed by atoms with van der Waals surface area (Å²) < 4.78 is 19.7. The summed E-state index contributed by atoms with van der Waals surface area (Å²) in [5.74, 6) is 0.933. The molecule has 0 saturated carbocycles. The quantitative estimate of drug-likeness (QED) is 0.522. The number of ether oxygens (including phenoxy) is 1. The molecule has 0 aliphatic carbocycles. The van der Waals surface area contributed by atoms with Crippen molar-refractivity contribution >= 4 is 40.4 Å². The van der Waals surface area contributed by atoms with E-state index in [1.54, 1.807) is 30.7 Å². The molecule has 4 rings (SSSR count). The van der Waals surface area contributed by atoms with Crippen LogP contribution in [-0.2, 0) is 0 Å². The largest absolute Gasteiger partial charge is 0.454 e. The second kappa shape index (κ2) is 9.89. The smallest absolute Gasteiger partial charge is 0.171 e. The van der Waals surface area contributed by atoms with Crippen molar-refractivity contribution in [3.05, 3.63) is 71.9 Å². The summed E-state index contributed by atoms with van der Waals surface area (Å²) >= 11 is 11.2. The number of piperidine rings is 1. The lowest BCUT2D eigenvalue weighted by molar-refractivity contribution is 0.440. The molecular formula is C22H21ClFN5OS. The number of nitrogens with one attached hydrogen (secondary N) is 2. The predicted octanol–water partition coefficient (Wildman–Crippen LogP) is 5.02. The Morgan fingerprint density at radius 2 is 2.00 bits per heavy atom. The average Bonchev–Trinajstić information content (AvgIpc) is 2.77. The SMILES string of the molecule is Fc1cc(Cl)ccc1Oc1ccnc(N2CCC(NC(=S)Nc3cccnc3)CC2)c1. The van der Waals surface area contributed by atoms with Gasteiger partial charge < -0.3 is 20.3 Å². The molecule has 0 radical (unpaired) electrons. The summed E-state index contributed by atoms with van der Waals surface area (Å²) in [5, 5.41) is 7.42. The summed E-state index contributed by atoms with van der Waals surface area (Å²) in [6.07, 6.45) is 6.93. The fraction of sp³-hybridized carbons (Fsp3) is 0.227. The number of nitrogens with zero attached hydrogens (tertiary/aromatic N) is 3. The molecule has 0 atom stereocenters. The number of aromatic nitrogens is 2. The van der Waals surface area contributed by atoms with Crippen molar-refractivity contribution in [1.29, 1.82) is 0 Å². The molecule has 1 fully saturated rings. The molecule has 0 amide bonds. The normalized spacial score (nSPS) is 14.2. The van der Waals surface area contributed by atoms with E-state index in [0.29, 0.717) is 15.9 Å². The molecule has 0 unspecified atom stereocenters. The van der Waals surface area contributed by atoms with Gasteiger partial charge in [0.25, 0.3) is 0 Å². The third kappa shape index (κ3) is 5.80. The monoisotopic (exact) mass is 457 g/mol. The van der Waals surface area contributed by atoms with Crippen molar-refractivity contribution in [3.8, 4) is 11.5 Å². The summed E-state index contributed by atoms with van der Waals surface area (Å²) in [7, 11) is 0. The predicted molar refractivity (Wildman–Crippen MR) is 125 cm³/mol. The highest BCUT2D eigenvalue weighted by Crippen LogP contribution is 2.29. The second-order valence-electron chi connectivity index (χ2n) is 7.13. The van der Waals surface area contributed by atoms with Crippen LogP contribution in [0.2, 0.25) is 5.02 Å². The molecule has 160 valence electrons. The Morgan fingerprint density at radius 1 is 1.16 bits per heavy atom. The van der Waals surface area contributed by atoms with Crippen LogP contribution in [0.15, 0.2) is 61.1 Å². The maximum absolute atomic E-state index is 14.0. The molecule has 2 N–H and O–H groups in total. The maximum atomic E-state index is 14.0. The third-order valence-corrected chi connectivity index (χ3v) is 5.37. The molecule has 1 aliphatic heterocycles. The molecule has 1 aromatic carbocycles. The van der Waals surface area contributed by atoms with Gasteiger partial charge in [-0.2, -0.15) is 0 Å². The zero-order valence-corrected chi connectivity index (χ0v) is 18.2. The molecule has 3 heterocycles. The lowest BCUT2D eigenvalue weighted by Crippen LogP contribution is -2.46. The molecule has 2 aromatic heterocycles. The number of benzene rings is 1. The van der Waals surface area contributed by atoms with Crippen molar-refractivity contribution in [2.45, 2.75) is 18.9 Å². The lowest BCUT2D eigenvalue weighted by atomic mass is 10.1. The molecule has 6 nitrogen and oxygen atoms in total. The Bertz CT molecular complexity index is 1050. The van der Waals surface area contributed by atoms with Gasteiger partial charge >= 0.3 is 0 Å². The summed E-state index contributed by atoms with van der Waals surface area (Å²) in [5.41, 5.74) is 0.857. The molecule has 9 heteroatoms. The van der Waals surface area contributed by atoms with Crippen LogP contribution in [0, 0.1) is 5.82 Å². The lowest BCUT2D eigenvalue weighted by Gasteiger charge is -2.33. The van der Waals surface area contributed by atoms with Crippen molar-refractivity contribution < 1.29 is 9.13 Å². The Labute approximate surface area is 190 Å². The van der Waals surface area contributed by atoms with Gasteiger partial charge in [-0.1, -0.05) is 11.6 Å². The van der Waals surface area contributed by atoms with E-state index in [2.05, 4.69) is 25.5 Å². The van der Waals surface area contributed by atoms with E-state index < -0.39 is 5.82 Å². The summed E-state index contributed by atoms with van der Waals surface area (Å²) in [6, 6.07) is 11.9. The van der Waals surface area contributed by atoms with Gasteiger partial charge in [-0.15, -0.1) is 0 Å². The van der Waals surface area contributed by atoms with Crippen molar-refractivity contribution in [2.24, 2.45) is 0 Å². The van der Waals surface area contributed by atoms with Crippen LogP contribution < -0.4 is 20.3 Å². The first-order valence-corrected chi connectivity index (χ1v) is 10.7. The van der Waals surface area contributed by atoms with Gasteiger partial charge in [0.1, 0.15) is 11.6 Å². The average molecular weight is 458 g/mol. The number of thiocarbonyl (C=S) groups is 1. The van der Waals surface area contributed by atoms with Gasteiger partial charge in [0.05, 0.1) is 11.9 Å². The van der Waals surface area contributed by atoms with E-state index in [1.807, 2.05) is 18.2 Å². The minimum absolute atomic E-state index is 0.124. The molecule has 31 heavy (non-hydrogen) atoms. The topological polar surface area (TPSA) is 62.3 Å². The Hall–Kier alpha value is -2.97. The first-order valence-electron chi connectivity index (χ1n) is 9.88. The summed E-state index contributed by atoms with van der Waals surface area (Å²) in [6.45, 7) is 1.64. The van der Waals surface area contributed by atoms with Gasteiger partial charge in [-0.05, 0) is 61.5 Å². The Morgan fingerprint density at radius 3 is 2.74 bits per heavy atom. The fourth-order valence-corrected chi connectivity index (χ4v) is 3.81. The van der Waals surface area contributed by atoms with E-state index >= 15 is 0 Å². The minimum atomic E-state index is -0.506. The van der Waals surface area contributed by atoms with Crippen molar-refractivity contribution in [3.63, 3.8) is 0 Å². The number of pyridine rings is 2. The van der Waals surface area contributed by atoms with Crippen LogP contribution in [0.4, 0.5) is 15.9 Å². The second-order valence-corrected chi connectivity index (χ2v) is 7.97. The van der Waals surface area contributed by atoms with E-state index in [0.717, 1.165) is 37.4 Å². The number of rotatable bonds is 5. The minimum Gasteiger partial charge on any atom is -0.454 e. The highest BCUT2D eigenvalue weighted by atomic mass is 35.5. The van der Waals surface area contributed by atoms with Crippen LogP contribution in [-0.4, -0.2) is 34.2 Å². The molecular weight excluding hydrogens is 437 g/mol. The van der Waals surface area contributed by atoms with E-state index in [1.165, 1.54) is 12.1 Å². The molecule has 0 spiro atoms. The molecule has 0 bridgehead atoms. The van der Waals surface area contributed by atoms with Crippen molar-refractivity contribution in [1.82, 2.24) is 15.3 Å². The van der Waals surface area contributed by atoms with Crippen LogP contribution in [0.25, 0.3) is 0 Å². The zero-order chi connectivity index (χ0) is 21.6. The maximum Gasteiger partial charge on any atom is 0.171 e. The number of halogens is 2. The van der Waals surface area contributed by atoms with Gasteiger partial charge in [-0.3, -0.25) is 4.98 Å². The Kier molecular flexibility index (Phi) is 6.79. The van der Waals surface area contributed by atoms with E-state index in [9.17, 15) is 4.39 Å². The van der Waals surface area contributed by atoms with Gasteiger partial charge in [0.2, 0.25) is 0 Å². The van der Waals surface area contributed by atoms with E-state index in [-0.39, 0.29) is 11.8 Å². The zero-order valence-electron chi connectivity index (χ0n) is 16.6. The highest BCUT2D eigenvalue weighted by Gasteiger charge is 2.21. The number of anilines is 2. The molecule has 1 aliphatic rings. The first kappa shape index (κ1) is 21.3. The van der Waals surface area contributed by atoms with Gasteiger partial charge in [-0.25, -0.2) is 9.37 Å². The fourth-order valence-electron chi connectivity index (χ4n) is 3.36. The van der Waals surface area contributed by atoms with Crippen LogP contribution >= 0.6 is 23.8 Å². The summed E-state index contributed by atoms with van der Waals surface area (Å²) in [4.78, 5) is 10.7. The highest BCUT2D eigenvalue weighted by molar-refractivity contribution is 7.80. The first-order chi connectivity index (χ1) is 15.1. The number of hydrogen-bond acceptors (Lipinski definition) is 5. The van der Waals surface area contributed by atoms with Crippen LogP contribution in [0.3, 0.4) is 0 Å².